The van der Waals surface area contributed by atoms with Gasteiger partial charge in [0, 0.05) is 11.3 Å². The van der Waals surface area contributed by atoms with Gasteiger partial charge in [0.2, 0.25) is 0 Å². The summed E-state index contributed by atoms with van der Waals surface area (Å²) in [5, 5.41) is 15.0. The number of hydrogen-bond acceptors (Lipinski definition) is 4. The van der Waals surface area contributed by atoms with E-state index < -0.39 is 17.6 Å². The molecular weight excluding hydrogens is 433 g/mol. The molecule has 3 aromatic rings. The van der Waals surface area contributed by atoms with Crippen molar-refractivity contribution in [3.05, 3.63) is 94.8 Å². The van der Waals surface area contributed by atoms with Gasteiger partial charge in [0.25, 0.3) is 11.8 Å². The molecule has 0 atom stereocenters. The van der Waals surface area contributed by atoms with Crippen LogP contribution in [0.2, 0.25) is 5.02 Å². The van der Waals surface area contributed by atoms with E-state index in [0.717, 1.165) is 0 Å². The molecular formula is C24H17ClFN3O3. The van der Waals surface area contributed by atoms with Gasteiger partial charge in [-0.25, -0.2) is 4.39 Å². The standard InChI is InChI=1S/C24H17ClFN3O3/c25-20-6-2-3-7-21(20)29-24(31)17(14-27)13-16-5-1-4-8-22(16)32-15-23(30)28-19-11-9-18(26)10-12-19/h1-13H,15H2,(H,28,30)(H,29,31). The van der Waals surface area contributed by atoms with E-state index in [-0.39, 0.29) is 12.2 Å². The number of ether oxygens (including phenoxy) is 1. The Balaban J connectivity index is 1.70. The first-order valence-electron chi connectivity index (χ1n) is 9.41. The van der Waals surface area contributed by atoms with Gasteiger partial charge in [-0.05, 0) is 48.5 Å². The average molecular weight is 450 g/mol. The second-order valence-corrected chi connectivity index (χ2v) is 6.89. The molecule has 0 spiro atoms. The third-order valence-electron chi connectivity index (χ3n) is 4.19. The van der Waals surface area contributed by atoms with E-state index in [0.29, 0.717) is 27.7 Å². The van der Waals surface area contributed by atoms with E-state index >= 15 is 0 Å². The third-order valence-corrected chi connectivity index (χ3v) is 4.52. The highest BCUT2D eigenvalue weighted by atomic mass is 35.5. The Bertz CT molecular complexity index is 1200. The zero-order valence-corrected chi connectivity index (χ0v) is 17.4. The van der Waals surface area contributed by atoms with Crippen molar-refractivity contribution in [2.24, 2.45) is 0 Å². The highest BCUT2D eigenvalue weighted by molar-refractivity contribution is 6.34. The number of anilines is 2. The molecule has 0 unspecified atom stereocenters. The van der Waals surface area contributed by atoms with Crippen LogP contribution in [0.15, 0.2) is 78.4 Å². The zero-order chi connectivity index (χ0) is 22.9. The second-order valence-electron chi connectivity index (χ2n) is 6.49. The van der Waals surface area contributed by atoms with Crippen LogP contribution in [0.4, 0.5) is 15.8 Å². The molecule has 2 N–H and O–H groups in total. The lowest BCUT2D eigenvalue weighted by molar-refractivity contribution is -0.118. The SMILES string of the molecule is N#CC(=Cc1ccccc1OCC(=O)Nc1ccc(F)cc1)C(=O)Nc1ccccc1Cl. The fraction of sp³-hybridized carbons (Fsp3) is 0.0417. The Hall–Kier alpha value is -4.15. The number of carbonyl (C=O) groups is 2. The van der Waals surface area contributed by atoms with E-state index in [1.807, 2.05) is 6.07 Å². The van der Waals surface area contributed by atoms with E-state index in [2.05, 4.69) is 10.6 Å². The fourth-order valence-corrected chi connectivity index (χ4v) is 2.84. The zero-order valence-electron chi connectivity index (χ0n) is 16.6. The monoisotopic (exact) mass is 449 g/mol. The van der Waals surface area contributed by atoms with Gasteiger partial charge in [0.05, 0.1) is 10.7 Å². The summed E-state index contributed by atoms with van der Waals surface area (Å²) in [6.45, 7) is -0.323. The number of hydrogen-bond donors (Lipinski definition) is 2. The number of nitrogens with zero attached hydrogens (tertiary/aromatic N) is 1. The van der Waals surface area contributed by atoms with E-state index in [1.54, 1.807) is 48.5 Å². The summed E-state index contributed by atoms with van der Waals surface area (Å²) < 4.78 is 18.5. The summed E-state index contributed by atoms with van der Waals surface area (Å²) in [6, 6.07) is 20.5. The summed E-state index contributed by atoms with van der Waals surface area (Å²) in [5.74, 6) is -1.19. The topological polar surface area (TPSA) is 91.2 Å². The highest BCUT2D eigenvalue weighted by Crippen LogP contribution is 2.24. The molecule has 0 bridgehead atoms. The first-order valence-corrected chi connectivity index (χ1v) is 9.79. The number of nitrogens with one attached hydrogen (secondary N) is 2. The average Bonchev–Trinajstić information content (AvgIpc) is 2.79. The van der Waals surface area contributed by atoms with Gasteiger partial charge >= 0.3 is 0 Å². The quantitative estimate of drug-likeness (QED) is 0.390. The molecule has 160 valence electrons. The number of amides is 2. The second kappa shape index (κ2) is 10.8. The van der Waals surface area contributed by atoms with Crippen molar-refractivity contribution in [1.82, 2.24) is 0 Å². The maximum absolute atomic E-state index is 13.0. The van der Waals surface area contributed by atoms with Crippen molar-refractivity contribution < 1.29 is 18.7 Å². The van der Waals surface area contributed by atoms with Gasteiger partial charge in [-0.3, -0.25) is 9.59 Å². The van der Waals surface area contributed by atoms with Crippen LogP contribution in [0.5, 0.6) is 5.75 Å². The van der Waals surface area contributed by atoms with Gasteiger partial charge in [-0.1, -0.05) is 41.9 Å². The molecule has 0 saturated heterocycles. The molecule has 0 heterocycles. The lowest BCUT2D eigenvalue weighted by Gasteiger charge is -2.10. The lowest BCUT2D eigenvalue weighted by Crippen LogP contribution is -2.20. The number of halogens is 2. The first kappa shape index (κ1) is 22.5. The molecule has 8 heteroatoms. The molecule has 2 amide bonds. The number of nitriles is 1. The van der Waals surface area contributed by atoms with Gasteiger partial charge in [-0.2, -0.15) is 5.26 Å². The largest absolute Gasteiger partial charge is 0.483 e. The van der Waals surface area contributed by atoms with Crippen LogP contribution < -0.4 is 15.4 Å². The normalized spacial score (nSPS) is 10.7. The highest BCUT2D eigenvalue weighted by Gasteiger charge is 2.13. The van der Waals surface area contributed by atoms with Gasteiger partial charge in [0.1, 0.15) is 23.2 Å². The molecule has 32 heavy (non-hydrogen) atoms. The molecule has 0 radical (unpaired) electrons. The third kappa shape index (κ3) is 6.17. The van der Waals surface area contributed by atoms with Crippen molar-refractivity contribution in [2.75, 3.05) is 17.2 Å². The van der Waals surface area contributed by atoms with Crippen LogP contribution in [0.3, 0.4) is 0 Å². The number of rotatable bonds is 7. The minimum Gasteiger partial charge on any atom is -0.483 e. The van der Waals surface area contributed by atoms with Crippen molar-refractivity contribution in [1.29, 1.82) is 5.26 Å². The maximum atomic E-state index is 13.0. The Morgan fingerprint density at radius 2 is 1.69 bits per heavy atom. The molecule has 6 nitrogen and oxygen atoms in total. The Morgan fingerprint density at radius 3 is 2.41 bits per heavy atom. The lowest BCUT2D eigenvalue weighted by atomic mass is 10.1. The summed E-state index contributed by atoms with van der Waals surface area (Å²) in [6.07, 6.45) is 1.36. The van der Waals surface area contributed by atoms with Crippen LogP contribution in [0.25, 0.3) is 6.08 Å². The van der Waals surface area contributed by atoms with Crippen molar-refractivity contribution in [2.45, 2.75) is 0 Å². The van der Waals surface area contributed by atoms with E-state index in [9.17, 15) is 19.2 Å². The predicted octanol–water partition coefficient (Wildman–Crippen LogP) is 5.04. The number of benzene rings is 3. The summed E-state index contributed by atoms with van der Waals surface area (Å²) in [7, 11) is 0. The molecule has 0 aromatic heterocycles. The Morgan fingerprint density at radius 1 is 1.00 bits per heavy atom. The van der Waals surface area contributed by atoms with Crippen molar-refractivity contribution in [3.63, 3.8) is 0 Å². The Labute approximate surface area is 188 Å². The first-order chi connectivity index (χ1) is 15.5. The van der Waals surface area contributed by atoms with Gasteiger partial charge < -0.3 is 15.4 Å². The van der Waals surface area contributed by atoms with Crippen LogP contribution in [0.1, 0.15) is 5.56 Å². The fourth-order valence-electron chi connectivity index (χ4n) is 2.66. The van der Waals surface area contributed by atoms with Crippen LogP contribution in [-0.4, -0.2) is 18.4 Å². The Kier molecular flexibility index (Phi) is 7.57. The number of carbonyl (C=O) groups excluding carboxylic acids is 2. The summed E-state index contributed by atoms with van der Waals surface area (Å²) in [5.41, 5.74) is 1.07. The molecule has 3 rings (SSSR count). The van der Waals surface area contributed by atoms with Crippen LogP contribution in [0, 0.1) is 17.1 Å². The van der Waals surface area contributed by atoms with Crippen molar-refractivity contribution >= 4 is 40.9 Å². The molecule has 0 saturated carbocycles. The van der Waals surface area contributed by atoms with Crippen LogP contribution >= 0.6 is 11.6 Å². The molecule has 0 aliphatic carbocycles. The minimum absolute atomic E-state index is 0.170. The van der Waals surface area contributed by atoms with E-state index in [1.165, 1.54) is 30.3 Å². The molecule has 0 aliphatic rings. The van der Waals surface area contributed by atoms with Gasteiger partial charge in [-0.15, -0.1) is 0 Å². The minimum atomic E-state index is -0.635. The van der Waals surface area contributed by atoms with Crippen molar-refractivity contribution in [3.8, 4) is 11.8 Å². The smallest absolute Gasteiger partial charge is 0.266 e. The van der Waals surface area contributed by atoms with Gasteiger partial charge in [0.15, 0.2) is 6.61 Å². The number of para-hydroxylation sites is 2. The summed E-state index contributed by atoms with van der Waals surface area (Å²) >= 11 is 6.04. The maximum Gasteiger partial charge on any atom is 0.266 e. The molecule has 3 aromatic carbocycles. The molecule has 0 fully saturated rings. The predicted molar refractivity (Wildman–Crippen MR) is 121 cm³/mol. The summed E-state index contributed by atoms with van der Waals surface area (Å²) in [4.78, 5) is 24.6. The molecule has 0 aliphatic heterocycles. The van der Waals surface area contributed by atoms with Crippen LogP contribution in [-0.2, 0) is 9.59 Å². The van der Waals surface area contributed by atoms with E-state index in [4.69, 9.17) is 16.3 Å².